The normalized spacial score (nSPS) is 21.9. The van der Waals surface area contributed by atoms with E-state index in [2.05, 4.69) is 0 Å². The fraction of sp³-hybridized carbons (Fsp3) is 0.550. The molecule has 0 saturated carbocycles. The van der Waals surface area contributed by atoms with Crippen LogP contribution in [0.3, 0.4) is 0 Å². The molecule has 0 aliphatic heterocycles. The van der Waals surface area contributed by atoms with E-state index in [9.17, 15) is 29.1 Å². The van der Waals surface area contributed by atoms with Crippen LogP contribution in [0.15, 0.2) is 22.5 Å². The number of hydrogen-bond acceptors (Lipinski definition) is 10. The molecular formula is C20H24NaO10. The number of carbonyl (C=O) groups excluding carboxylic acids is 5. The van der Waals surface area contributed by atoms with Crippen molar-refractivity contribution in [3.05, 3.63) is 22.5 Å². The van der Waals surface area contributed by atoms with Crippen LogP contribution < -0.4 is 0 Å². The van der Waals surface area contributed by atoms with Gasteiger partial charge < -0.3 is 24.1 Å². The Bertz CT molecular complexity index is 841. The molecule has 0 bridgehead atoms. The number of rotatable bonds is 8. The molecule has 0 saturated heterocycles. The summed E-state index contributed by atoms with van der Waals surface area (Å²) in [6.07, 6.45) is 0. The van der Waals surface area contributed by atoms with Gasteiger partial charge in [0.1, 0.15) is 28.7 Å². The molecule has 0 spiro atoms. The van der Waals surface area contributed by atoms with Crippen LogP contribution in [-0.2, 0) is 42.9 Å². The summed E-state index contributed by atoms with van der Waals surface area (Å²) in [6.45, 7) is 5.83. The smallest absolute Gasteiger partial charge is 0.342 e. The number of ether oxygens (including phenoxy) is 4. The first-order valence-electron chi connectivity index (χ1n) is 9.65. The minimum Gasteiger partial charge on any atom is -0.510 e. The van der Waals surface area contributed by atoms with Crippen molar-refractivity contribution in [3.63, 3.8) is 0 Å². The Hall–Kier alpha value is -2.17. The molecule has 165 valence electrons. The van der Waals surface area contributed by atoms with Crippen LogP contribution in [-0.4, -0.2) is 90.8 Å². The van der Waals surface area contributed by atoms with Gasteiger partial charge in [0.2, 0.25) is 0 Å². The summed E-state index contributed by atoms with van der Waals surface area (Å²) in [5.74, 6) is -10.3. The fourth-order valence-electron chi connectivity index (χ4n) is 3.71. The molecule has 1 radical (unpaired) electrons. The molecule has 31 heavy (non-hydrogen) atoms. The molecule has 0 amide bonds. The van der Waals surface area contributed by atoms with Crippen molar-refractivity contribution in [2.24, 2.45) is 17.8 Å². The monoisotopic (exact) mass is 447 g/mol. The van der Waals surface area contributed by atoms with E-state index in [0.29, 0.717) is 0 Å². The topological polar surface area (TPSA) is 142 Å². The van der Waals surface area contributed by atoms with E-state index in [0.717, 1.165) is 0 Å². The van der Waals surface area contributed by atoms with Crippen LogP contribution >= 0.6 is 0 Å². The second-order valence-electron chi connectivity index (χ2n) is 6.34. The van der Waals surface area contributed by atoms with Gasteiger partial charge in [-0.2, -0.15) is 0 Å². The molecule has 0 aromatic heterocycles. The van der Waals surface area contributed by atoms with Gasteiger partial charge in [-0.1, -0.05) is 0 Å². The van der Waals surface area contributed by atoms with Crippen molar-refractivity contribution >= 4 is 59.2 Å². The number of carbonyl (C=O) groups is 5. The summed E-state index contributed by atoms with van der Waals surface area (Å²) < 4.78 is 19.8. The van der Waals surface area contributed by atoms with Crippen LogP contribution in [0, 0.1) is 17.8 Å². The molecule has 10 nitrogen and oxygen atoms in total. The number of esters is 4. The fourth-order valence-corrected chi connectivity index (χ4v) is 3.71. The summed E-state index contributed by atoms with van der Waals surface area (Å²) >= 11 is 0. The van der Waals surface area contributed by atoms with Gasteiger partial charge >= 0.3 is 23.9 Å². The van der Waals surface area contributed by atoms with Crippen LogP contribution in [0.1, 0.15) is 27.7 Å². The van der Waals surface area contributed by atoms with Crippen molar-refractivity contribution in [1.82, 2.24) is 0 Å². The molecule has 2 aliphatic rings. The summed E-state index contributed by atoms with van der Waals surface area (Å²) in [7, 11) is 0. The molecule has 0 aromatic carbocycles. The number of hydrogen-bond donors (Lipinski definition) is 1. The molecule has 2 aliphatic carbocycles. The van der Waals surface area contributed by atoms with Crippen molar-refractivity contribution in [1.29, 1.82) is 0 Å². The van der Waals surface area contributed by atoms with Gasteiger partial charge in [0.05, 0.1) is 26.4 Å². The first kappa shape index (κ1) is 26.9. The minimum atomic E-state index is -1.62. The number of aliphatic hydroxyl groups excluding tert-OH is 1. The summed E-state index contributed by atoms with van der Waals surface area (Å²) in [5.41, 5.74) is -1.35. The molecule has 0 aromatic rings. The number of Topliss-reactive ketones (excluding diaryl/α,β-unsaturated/α-hetero) is 1. The van der Waals surface area contributed by atoms with Crippen LogP contribution in [0.4, 0.5) is 0 Å². The molecule has 0 heterocycles. The number of aliphatic hydroxyl groups is 1. The third-order valence-corrected chi connectivity index (χ3v) is 4.71. The maximum Gasteiger partial charge on any atom is 0.342 e. The predicted molar refractivity (Wildman–Crippen MR) is 104 cm³/mol. The van der Waals surface area contributed by atoms with Gasteiger partial charge in [-0.15, -0.1) is 0 Å². The standard InChI is InChI=1S/C20H24O10.Na/c1-5-27-17(23)11-9-10(13(15(11)21)19(25)29-7-3)14(20(26)30-8-4)16(22)12(9)18(24)28-6-2;/h9,11-12,21H,5-8H2,1-4H3;. The maximum atomic E-state index is 13.0. The van der Waals surface area contributed by atoms with E-state index in [4.69, 9.17) is 18.9 Å². The first-order chi connectivity index (χ1) is 14.3. The van der Waals surface area contributed by atoms with Gasteiger partial charge in [-0.3, -0.25) is 14.4 Å². The quantitative estimate of drug-likeness (QED) is 0.183. The molecule has 3 atom stereocenters. The molecule has 11 heteroatoms. The van der Waals surface area contributed by atoms with Crippen molar-refractivity contribution in [2.75, 3.05) is 26.4 Å². The Balaban J connectivity index is 0.00000480. The van der Waals surface area contributed by atoms with Gasteiger partial charge in [0.15, 0.2) is 5.78 Å². The van der Waals surface area contributed by atoms with E-state index >= 15 is 0 Å². The van der Waals surface area contributed by atoms with Crippen molar-refractivity contribution in [2.45, 2.75) is 27.7 Å². The average Bonchev–Trinajstić information content (AvgIpc) is 3.11. The number of ketones is 1. The largest absolute Gasteiger partial charge is 0.510 e. The van der Waals surface area contributed by atoms with Gasteiger partial charge in [-0.05, 0) is 33.3 Å². The van der Waals surface area contributed by atoms with E-state index in [1.807, 2.05) is 0 Å². The van der Waals surface area contributed by atoms with Crippen LogP contribution in [0.2, 0.25) is 0 Å². The zero-order valence-corrected chi connectivity index (χ0v) is 20.2. The average molecular weight is 447 g/mol. The van der Waals surface area contributed by atoms with Crippen molar-refractivity contribution in [3.8, 4) is 0 Å². The van der Waals surface area contributed by atoms with Gasteiger partial charge in [0, 0.05) is 35.5 Å². The Morgan fingerprint density at radius 1 is 0.742 bits per heavy atom. The second-order valence-corrected chi connectivity index (χ2v) is 6.34. The van der Waals surface area contributed by atoms with E-state index < -0.39 is 64.3 Å². The van der Waals surface area contributed by atoms with Gasteiger partial charge in [0.25, 0.3) is 0 Å². The summed E-state index contributed by atoms with van der Waals surface area (Å²) in [6, 6.07) is 0. The zero-order valence-electron chi connectivity index (χ0n) is 18.2. The zero-order chi connectivity index (χ0) is 22.6. The molecule has 2 rings (SSSR count). The number of fused-ring (bicyclic) bond motifs is 1. The minimum absolute atomic E-state index is 0. The summed E-state index contributed by atoms with van der Waals surface area (Å²) in [5, 5.41) is 10.7. The third-order valence-electron chi connectivity index (χ3n) is 4.71. The van der Waals surface area contributed by atoms with E-state index in [1.165, 1.54) is 27.7 Å². The van der Waals surface area contributed by atoms with Crippen LogP contribution in [0.5, 0.6) is 0 Å². The predicted octanol–water partition coefficient (Wildman–Crippen LogP) is 0.412. The third kappa shape index (κ3) is 4.86. The Morgan fingerprint density at radius 3 is 1.61 bits per heavy atom. The molecule has 1 N–H and O–H groups in total. The molecule has 3 unspecified atom stereocenters. The summed E-state index contributed by atoms with van der Waals surface area (Å²) in [4.78, 5) is 63.3. The van der Waals surface area contributed by atoms with Gasteiger partial charge in [-0.25, -0.2) is 9.59 Å². The second kappa shape index (κ2) is 11.4. The first-order valence-corrected chi connectivity index (χ1v) is 9.65. The molecule has 0 fully saturated rings. The SMILES string of the molecule is CCOC(=O)C1=C(O)C(C(=O)OCC)C2C1=C(C(=O)OCC)C(=O)C2C(=O)OCC.[Na]. The molecular weight excluding hydrogens is 423 g/mol. The van der Waals surface area contributed by atoms with E-state index in [1.54, 1.807) is 0 Å². The van der Waals surface area contributed by atoms with E-state index in [-0.39, 0.29) is 61.6 Å². The maximum absolute atomic E-state index is 13.0. The van der Waals surface area contributed by atoms with Crippen molar-refractivity contribution < 1.29 is 48.0 Å². The Labute approximate surface area is 201 Å². The van der Waals surface area contributed by atoms with Crippen LogP contribution in [0.25, 0.3) is 0 Å². The Kier molecular flexibility index (Phi) is 9.92. The Morgan fingerprint density at radius 2 is 1.16 bits per heavy atom.